The van der Waals surface area contributed by atoms with Crippen molar-refractivity contribution in [2.75, 3.05) is 0 Å². The van der Waals surface area contributed by atoms with Crippen molar-refractivity contribution in [2.45, 2.75) is 43.1 Å². The number of rotatable bonds is 11. The van der Waals surface area contributed by atoms with Crippen LogP contribution in [0.5, 0.6) is 0 Å². The average Bonchev–Trinajstić information content (AvgIpc) is 3.53. The number of amides is 1. The molecule has 1 aliphatic carbocycles. The van der Waals surface area contributed by atoms with Crippen molar-refractivity contribution in [3.05, 3.63) is 118 Å². The number of halogens is 13. The van der Waals surface area contributed by atoms with E-state index in [1.165, 1.54) is 57.1 Å². The average molecular weight is 951 g/mol. The van der Waals surface area contributed by atoms with Crippen LogP contribution >= 0.6 is 34.8 Å². The Labute approximate surface area is 364 Å². The summed E-state index contributed by atoms with van der Waals surface area (Å²) in [6.45, 7) is 6.70. The monoisotopic (exact) mass is 949 g/mol. The Morgan fingerprint density at radius 3 is 1.44 bits per heavy atom. The minimum absolute atomic E-state index is 0.0444. The summed E-state index contributed by atoms with van der Waals surface area (Å²) in [5, 5.41) is 17.3. The van der Waals surface area contributed by atoms with Gasteiger partial charge in [-0.05, 0) is 59.8 Å². The lowest BCUT2D eigenvalue weighted by molar-refractivity contribution is -0.291. The first kappa shape index (κ1) is 46.6. The molecule has 0 radical (unpaired) electrons. The van der Waals surface area contributed by atoms with Crippen molar-refractivity contribution in [2.24, 2.45) is 14.1 Å². The quantitative estimate of drug-likeness (QED) is 0.102. The first-order valence-electron chi connectivity index (χ1n) is 17.8. The first-order valence-corrected chi connectivity index (χ1v) is 18.9. The topological polar surface area (TPSA) is 117 Å². The number of nitrogens with zero attached hydrogens (tertiary/aromatic N) is 8. The van der Waals surface area contributed by atoms with Gasteiger partial charge < -0.3 is 5.32 Å². The van der Waals surface area contributed by atoms with Gasteiger partial charge in [0, 0.05) is 54.8 Å². The summed E-state index contributed by atoms with van der Waals surface area (Å²) in [6.07, 6.45) is -2.63. The summed E-state index contributed by atoms with van der Waals surface area (Å²) >= 11 is 17.6. The summed E-state index contributed by atoms with van der Waals surface area (Å²) in [7, 11) is 2.43. The molecule has 0 atom stereocenters. The third-order valence-corrected chi connectivity index (χ3v) is 10.3. The summed E-state index contributed by atoms with van der Waals surface area (Å²) in [4.78, 5) is 23.9. The van der Waals surface area contributed by atoms with Crippen molar-refractivity contribution in [3.8, 4) is 33.9 Å². The molecular weight excluding hydrogens is 923 g/mol. The van der Waals surface area contributed by atoms with E-state index in [4.69, 9.17) is 34.8 Å². The van der Waals surface area contributed by atoms with Crippen LogP contribution in [-0.2, 0) is 25.9 Å². The molecule has 1 N–H and O–H groups in total. The molecule has 332 valence electrons. The molecular formula is C39H28Cl3F10N9O2. The van der Waals surface area contributed by atoms with E-state index >= 15 is 0 Å². The van der Waals surface area contributed by atoms with Gasteiger partial charge in [-0.15, -0.1) is 0 Å². The molecule has 63 heavy (non-hydrogen) atoms. The van der Waals surface area contributed by atoms with Crippen LogP contribution in [0.3, 0.4) is 0 Å². The molecule has 0 spiro atoms. The van der Waals surface area contributed by atoms with E-state index in [1.807, 2.05) is 0 Å². The van der Waals surface area contributed by atoms with Gasteiger partial charge in [0.15, 0.2) is 23.0 Å². The van der Waals surface area contributed by atoms with Crippen LogP contribution in [0.15, 0.2) is 74.3 Å². The van der Waals surface area contributed by atoms with Crippen molar-refractivity contribution < 1.29 is 53.5 Å². The summed E-state index contributed by atoms with van der Waals surface area (Å²) < 4.78 is 137. The molecule has 0 bridgehead atoms. The standard InChI is InChI=1S/C21H17ClF5N5O.C18H11Cl2F5N4O/c1-3-14-17(20(23,24)21(25,26)27)30-31(2)19(14)32-10-12(9-28-32)11-4-7-16(22)15(8-11)18(33)29-13-5-6-13;1-3-11-14(17(21,22)18(23,24)25)27-28(2)16(11)29-8-10(7-26-29)9-4-5-13(19)12(6-9)15(20)30/h3-4,7-10,13H,1,5-6H2,2H3,(H,29,33);3-8H,1H2,2H3. The fourth-order valence-corrected chi connectivity index (χ4v) is 6.73. The van der Waals surface area contributed by atoms with E-state index in [-0.39, 0.29) is 44.8 Å². The van der Waals surface area contributed by atoms with Crippen LogP contribution in [-0.4, -0.2) is 68.7 Å². The second kappa shape index (κ2) is 17.0. The van der Waals surface area contributed by atoms with Gasteiger partial charge in [-0.2, -0.15) is 64.3 Å². The van der Waals surface area contributed by atoms with Crippen LogP contribution in [0, 0.1) is 0 Å². The van der Waals surface area contributed by atoms with E-state index in [0.29, 0.717) is 22.3 Å². The molecule has 1 aliphatic rings. The summed E-state index contributed by atoms with van der Waals surface area (Å²) in [6, 6.07) is 9.27. The fourth-order valence-electron chi connectivity index (χ4n) is 6.12. The van der Waals surface area contributed by atoms with Gasteiger partial charge in [0.1, 0.15) is 0 Å². The number of aryl methyl sites for hydroxylation is 2. The molecule has 2 aromatic carbocycles. The number of benzene rings is 2. The van der Waals surface area contributed by atoms with Gasteiger partial charge in [0.2, 0.25) is 0 Å². The second-order valence-corrected chi connectivity index (χ2v) is 14.9. The zero-order valence-electron chi connectivity index (χ0n) is 32.1. The number of carbonyl (C=O) groups is 2. The molecule has 4 heterocycles. The number of nitrogens with one attached hydrogen (secondary N) is 1. The molecule has 1 saturated carbocycles. The van der Waals surface area contributed by atoms with E-state index in [0.717, 1.165) is 43.7 Å². The van der Waals surface area contributed by atoms with Crippen LogP contribution in [0.4, 0.5) is 43.9 Å². The molecule has 4 aromatic heterocycles. The zero-order valence-corrected chi connectivity index (χ0v) is 34.4. The first-order chi connectivity index (χ1) is 29.3. The van der Waals surface area contributed by atoms with Crippen LogP contribution in [0.2, 0.25) is 10.0 Å². The molecule has 24 heteroatoms. The summed E-state index contributed by atoms with van der Waals surface area (Å²) in [5.41, 5.74) is -1.76. The Kier molecular flexibility index (Phi) is 12.6. The number of carbonyl (C=O) groups excluding carboxylic acids is 2. The summed E-state index contributed by atoms with van der Waals surface area (Å²) in [5.74, 6) is -11.0. The maximum Gasteiger partial charge on any atom is 0.459 e. The third kappa shape index (κ3) is 8.99. The largest absolute Gasteiger partial charge is 0.459 e. The Morgan fingerprint density at radius 1 is 0.683 bits per heavy atom. The second-order valence-electron chi connectivity index (χ2n) is 13.7. The highest BCUT2D eigenvalue weighted by atomic mass is 35.5. The normalized spacial score (nSPS) is 13.4. The number of hydrogen-bond acceptors (Lipinski definition) is 6. The molecule has 0 unspecified atom stereocenters. The van der Waals surface area contributed by atoms with Gasteiger partial charge >= 0.3 is 24.2 Å². The van der Waals surface area contributed by atoms with Crippen molar-refractivity contribution in [3.63, 3.8) is 0 Å². The molecule has 11 nitrogen and oxygen atoms in total. The van der Waals surface area contributed by atoms with Crippen molar-refractivity contribution in [1.82, 2.24) is 44.4 Å². The predicted molar refractivity (Wildman–Crippen MR) is 212 cm³/mol. The minimum Gasteiger partial charge on any atom is -0.349 e. The van der Waals surface area contributed by atoms with Crippen molar-refractivity contribution >= 4 is 58.1 Å². The van der Waals surface area contributed by atoms with Crippen LogP contribution in [0.25, 0.3) is 46.0 Å². The Hall–Kier alpha value is -5.93. The minimum atomic E-state index is -5.83. The van der Waals surface area contributed by atoms with E-state index in [2.05, 4.69) is 38.9 Å². The molecule has 1 amide bonds. The van der Waals surface area contributed by atoms with Gasteiger partial charge in [0.25, 0.3) is 11.1 Å². The molecule has 7 rings (SSSR count). The van der Waals surface area contributed by atoms with E-state index < -0.39 is 52.0 Å². The lowest BCUT2D eigenvalue weighted by Crippen LogP contribution is -2.34. The smallest absolute Gasteiger partial charge is 0.349 e. The Balaban J connectivity index is 0.000000211. The van der Waals surface area contributed by atoms with Crippen LogP contribution in [0.1, 0.15) is 56.1 Å². The highest BCUT2D eigenvalue weighted by Gasteiger charge is 2.62. The maximum absolute atomic E-state index is 14.0. The number of aromatic nitrogens is 8. The number of alkyl halides is 10. The van der Waals surface area contributed by atoms with Gasteiger partial charge in [-0.1, -0.05) is 60.6 Å². The highest BCUT2D eigenvalue weighted by Crippen LogP contribution is 2.47. The molecule has 0 aliphatic heterocycles. The maximum atomic E-state index is 14.0. The van der Waals surface area contributed by atoms with Gasteiger partial charge in [-0.25, -0.2) is 18.7 Å². The SMILES string of the molecule is C=Cc1c(C(F)(F)C(F)(F)F)nn(C)c1-n1cc(-c2ccc(Cl)c(C(=O)Cl)c2)cn1.C=Cc1c(C(F)(F)C(F)(F)F)nn(C)c1-n1cc(-c2ccc(Cl)c(C(=O)NC3CC3)c2)cn1. The zero-order chi connectivity index (χ0) is 46.6. The molecule has 1 fully saturated rings. The van der Waals surface area contributed by atoms with Crippen LogP contribution < -0.4 is 5.32 Å². The predicted octanol–water partition coefficient (Wildman–Crippen LogP) is 10.7. The number of hydrogen-bond donors (Lipinski definition) is 1. The van der Waals surface area contributed by atoms with Crippen molar-refractivity contribution in [1.29, 1.82) is 0 Å². The molecule has 0 saturated heterocycles. The van der Waals surface area contributed by atoms with E-state index in [1.54, 1.807) is 18.2 Å². The van der Waals surface area contributed by atoms with Gasteiger partial charge in [-0.3, -0.25) is 9.59 Å². The lowest BCUT2D eigenvalue weighted by atomic mass is 10.1. The highest BCUT2D eigenvalue weighted by molar-refractivity contribution is 6.68. The third-order valence-electron chi connectivity index (χ3n) is 9.39. The lowest BCUT2D eigenvalue weighted by Gasteiger charge is -2.18. The van der Waals surface area contributed by atoms with E-state index in [9.17, 15) is 53.5 Å². The Morgan fingerprint density at radius 2 is 1.08 bits per heavy atom. The van der Waals surface area contributed by atoms with Gasteiger partial charge in [0.05, 0.1) is 33.6 Å². The Bertz CT molecular complexity index is 2760. The fraction of sp³-hybridized carbons (Fsp3) is 0.231. The molecule has 6 aromatic rings.